The Morgan fingerprint density at radius 3 is 3.00 bits per heavy atom. The van der Waals surface area contributed by atoms with E-state index in [0.717, 1.165) is 22.9 Å². The zero-order valence-corrected chi connectivity index (χ0v) is 8.18. The Hall–Kier alpha value is -1.31. The SMILES string of the molecule is [CH2]CC(C)c1c[nH]c2ccc(F)cc12. The average Bonchev–Trinajstić information content (AvgIpc) is 2.59. The molecule has 1 nitrogen and oxygen atoms in total. The number of fused-ring (bicyclic) bond motifs is 1. The highest BCUT2D eigenvalue weighted by Gasteiger charge is 2.09. The molecule has 2 heteroatoms. The van der Waals surface area contributed by atoms with Gasteiger partial charge in [0, 0.05) is 17.1 Å². The van der Waals surface area contributed by atoms with Crippen LogP contribution in [0.15, 0.2) is 24.4 Å². The van der Waals surface area contributed by atoms with Crippen LogP contribution < -0.4 is 0 Å². The predicted molar refractivity (Wildman–Crippen MR) is 56.6 cm³/mol. The van der Waals surface area contributed by atoms with Crippen molar-refractivity contribution in [1.29, 1.82) is 0 Å². The highest BCUT2D eigenvalue weighted by atomic mass is 19.1. The Labute approximate surface area is 82.9 Å². The van der Waals surface area contributed by atoms with Gasteiger partial charge in [0.25, 0.3) is 0 Å². The molecule has 0 bridgehead atoms. The lowest BCUT2D eigenvalue weighted by molar-refractivity contribution is 0.629. The summed E-state index contributed by atoms with van der Waals surface area (Å²) in [6.45, 7) is 5.96. The third kappa shape index (κ3) is 1.41. The molecule has 2 rings (SSSR count). The summed E-state index contributed by atoms with van der Waals surface area (Å²) in [5.41, 5.74) is 2.14. The van der Waals surface area contributed by atoms with Crippen molar-refractivity contribution >= 4 is 10.9 Å². The highest BCUT2D eigenvalue weighted by Crippen LogP contribution is 2.27. The maximum Gasteiger partial charge on any atom is 0.123 e. The molecule has 1 atom stereocenters. The molecule has 1 aromatic carbocycles. The molecule has 1 radical (unpaired) electrons. The van der Waals surface area contributed by atoms with E-state index in [1.807, 2.05) is 6.20 Å². The smallest absolute Gasteiger partial charge is 0.123 e. The Kier molecular flexibility index (Phi) is 2.28. The number of benzene rings is 1. The fourth-order valence-electron chi connectivity index (χ4n) is 1.68. The summed E-state index contributed by atoms with van der Waals surface area (Å²) in [6, 6.07) is 4.81. The summed E-state index contributed by atoms with van der Waals surface area (Å²) >= 11 is 0. The molecule has 0 aliphatic carbocycles. The summed E-state index contributed by atoms with van der Waals surface area (Å²) in [5.74, 6) is 0.181. The van der Waals surface area contributed by atoms with Crippen molar-refractivity contribution in [3.05, 3.63) is 42.7 Å². The van der Waals surface area contributed by atoms with Crippen molar-refractivity contribution in [3.8, 4) is 0 Å². The van der Waals surface area contributed by atoms with Gasteiger partial charge in [0.05, 0.1) is 0 Å². The first kappa shape index (κ1) is 9.25. The lowest BCUT2D eigenvalue weighted by Gasteiger charge is -2.06. The molecule has 14 heavy (non-hydrogen) atoms. The van der Waals surface area contributed by atoms with Gasteiger partial charge in [-0.3, -0.25) is 0 Å². The van der Waals surface area contributed by atoms with E-state index in [-0.39, 0.29) is 5.82 Å². The minimum absolute atomic E-state index is 0.186. The molecular weight excluding hydrogens is 177 g/mol. The van der Waals surface area contributed by atoms with Gasteiger partial charge >= 0.3 is 0 Å². The van der Waals surface area contributed by atoms with E-state index >= 15 is 0 Å². The number of halogens is 1. The van der Waals surface area contributed by atoms with Crippen LogP contribution in [0.1, 0.15) is 24.8 Å². The quantitative estimate of drug-likeness (QED) is 0.744. The van der Waals surface area contributed by atoms with Crippen molar-refractivity contribution in [3.63, 3.8) is 0 Å². The van der Waals surface area contributed by atoms with Crippen LogP contribution in [0.4, 0.5) is 4.39 Å². The molecule has 0 saturated heterocycles. The Bertz CT molecular complexity index is 445. The fourth-order valence-corrected chi connectivity index (χ4v) is 1.68. The molecule has 1 N–H and O–H groups in total. The first-order valence-corrected chi connectivity index (χ1v) is 4.78. The van der Waals surface area contributed by atoms with Crippen molar-refractivity contribution in [2.75, 3.05) is 0 Å². The van der Waals surface area contributed by atoms with Gasteiger partial charge in [-0.15, -0.1) is 0 Å². The van der Waals surface area contributed by atoms with Gasteiger partial charge in [0.15, 0.2) is 0 Å². The van der Waals surface area contributed by atoms with Crippen LogP contribution in [0.3, 0.4) is 0 Å². The number of nitrogens with one attached hydrogen (secondary N) is 1. The maximum atomic E-state index is 13.0. The van der Waals surface area contributed by atoms with Crippen LogP contribution in [-0.4, -0.2) is 4.98 Å². The molecule has 0 amide bonds. The minimum atomic E-state index is -0.186. The van der Waals surface area contributed by atoms with E-state index in [4.69, 9.17) is 0 Å². The highest BCUT2D eigenvalue weighted by molar-refractivity contribution is 5.83. The second-order valence-corrected chi connectivity index (χ2v) is 3.62. The van der Waals surface area contributed by atoms with Gasteiger partial charge in [-0.25, -0.2) is 4.39 Å². The van der Waals surface area contributed by atoms with E-state index in [1.54, 1.807) is 12.1 Å². The van der Waals surface area contributed by atoms with E-state index in [9.17, 15) is 4.39 Å². The first-order chi connectivity index (χ1) is 6.72. The molecule has 0 aliphatic rings. The summed E-state index contributed by atoms with van der Waals surface area (Å²) < 4.78 is 13.0. The van der Waals surface area contributed by atoms with Gasteiger partial charge in [-0.05, 0) is 36.1 Å². The number of hydrogen-bond acceptors (Lipinski definition) is 0. The normalized spacial score (nSPS) is 13.4. The zero-order valence-electron chi connectivity index (χ0n) is 8.18. The Balaban J connectivity index is 2.61. The minimum Gasteiger partial charge on any atom is -0.361 e. The number of H-pyrrole nitrogens is 1. The van der Waals surface area contributed by atoms with E-state index < -0.39 is 0 Å². The first-order valence-electron chi connectivity index (χ1n) is 4.78. The van der Waals surface area contributed by atoms with Crippen molar-refractivity contribution in [2.45, 2.75) is 19.3 Å². The standard InChI is InChI=1S/C12H13FN/c1-3-8(2)11-7-14-12-5-4-9(13)6-10(11)12/h4-8,14H,1,3H2,2H3. The van der Waals surface area contributed by atoms with Gasteiger partial charge in [-0.1, -0.05) is 13.8 Å². The summed E-state index contributed by atoms with van der Waals surface area (Å²) in [5, 5.41) is 0.973. The van der Waals surface area contributed by atoms with Crippen LogP contribution >= 0.6 is 0 Å². The van der Waals surface area contributed by atoms with Gasteiger partial charge < -0.3 is 4.98 Å². The molecule has 1 heterocycles. The molecule has 0 fully saturated rings. The van der Waals surface area contributed by atoms with Crippen LogP contribution in [0.2, 0.25) is 0 Å². The van der Waals surface area contributed by atoms with Crippen LogP contribution in [0.25, 0.3) is 10.9 Å². The van der Waals surface area contributed by atoms with Crippen molar-refractivity contribution < 1.29 is 4.39 Å². The van der Waals surface area contributed by atoms with E-state index in [0.29, 0.717) is 5.92 Å². The lowest BCUT2D eigenvalue weighted by atomic mass is 9.98. The average molecular weight is 190 g/mol. The fraction of sp³-hybridized carbons (Fsp3) is 0.250. The van der Waals surface area contributed by atoms with Gasteiger partial charge in [0.1, 0.15) is 5.82 Å². The molecule has 1 aromatic heterocycles. The number of aromatic nitrogens is 1. The van der Waals surface area contributed by atoms with Crippen molar-refractivity contribution in [2.24, 2.45) is 0 Å². The van der Waals surface area contributed by atoms with Crippen molar-refractivity contribution in [1.82, 2.24) is 4.98 Å². The molecule has 2 aromatic rings. The molecule has 0 spiro atoms. The van der Waals surface area contributed by atoms with E-state index in [1.165, 1.54) is 6.07 Å². The third-order valence-corrected chi connectivity index (χ3v) is 2.64. The molecular formula is C12H13FN. The zero-order chi connectivity index (χ0) is 10.1. The molecule has 1 unspecified atom stereocenters. The number of aromatic amines is 1. The second-order valence-electron chi connectivity index (χ2n) is 3.62. The molecule has 73 valence electrons. The largest absolute Gasteiger partial charge is 0.361 e. The second kappa shape index (κ2) is 3.45. The van der Waals surface area contributed by atoms with Gasteiger partial charge in [0.2, 0.25) is 0 Å². The predicted octanol–water partition coefficient (Wildman–Crippen LogP) is 3.63. The topological polar surface area (TPSA) is 15.8 Å². The van der Waals surface area contributed by atoms with E-state index in [2.05, 4.69) is 18.8 Å². The summed E-state index contributed by atoms with van der Waals surface area (Å²) in [7, 11) is 0. The number of hydrogen-bond donors (Lipinski definition) is 1. The monoisotopic (exact) mass is 190 g/mol. The Morgan fingerprint density at radius 2 is 2.29 bits per heavy atom. The molecule has 0 saturated carbocycles. The lowest BCUT2D eigenvalue weighted by Crippen LogP contribution is -1.89. The summed E-state index contributed by atoms with van der Waals surface area (Å²) in [6.07, 6.45) is 2.77. The van der Waals surface area contributed by atoms with Crippen LogP contribution in [0, 0.1) is 12.7 Å². The van der Waals surface area contributed by atoms with Crippen LogP contribution in [0.5, 0.6) is 0 Å². The molecule has 0 aliphatic heterocycles. The van der Waals surface area contributed by atoms with Gasteiger partial charge in [-0.2, -0.15) is 0 Å². The summed E-state index contributed by atoms with van der Waals surface area (Å²) in [4.78, 5) is 3.14. The Morgan fingerprint density at radius 1 is 1.50 bits per heavy atom. The maximum absolute atomic E-state index is 13.0. The van der Waals surface area contributed by atoms with Crippen LogP contribution in [-0.2, 0) is 0 Å². The number of rotatable bonds is 2. The third-order valence-electron chi connectivity index (χ3n) is 2.64.